The van der Waals surface area contributed by atoms with Crippen molar-refractivity contribution in [1.82, 2.24) is 5.32 Å². The number of hydrogen-bond acceptors (Lipinski definition) is 1. The molecule has 4 rings (SSSR count). The van der Waals surface area contributed by atoms with E-state index in [4.69, 9.17) is 0 Å². The Hall–Kier alpha value is -1.60. The average molecular weight is 265 g/mol. The van der Waals surface area contributed by atoms with Crippen LogP contribution in [0.1, 0.15) is 32.1 Å². The summed E-state index contributed by atoms with van der Waals surface area (Å²) in [6, 6.07) is 22.6. The lowest BCUT2D eigenvalue weighted by atomic mass is 10.1. The van der Waals surface area contributed by atoms with Gasteiger partial charge in [0.2, 0.25) is 0 Å². The van der Waals surface area contributed by atoms with E-state index in [1.807, 2.05) is 12.1 Å². The Morgan fingerprint density at radius 2 is 1.05 bits per heavy atom. The molecule has 2 aliphatic rings. The molecular weight excluding hydrogens is 242 g/mol. The van der Waals surface area contributed by atoms with Crippen molar-refractivity contribution >= 4 is 0 Å². The normalized spacial score (nSPS) is 23.8. The van der Waals surface area contributed by atoms with Crippen LogP contribution in [-0.4, -0.2) is 12.1 Å². The number of benzene rings is 2. The summed E-state index contributed by atoms with van der Waals surface area (Å²) in [6.45, 7) is 0. The molecule has 2 aromatic rings. The summed E-state index contributed by atoms with van der Waals surface area (Å²) in [5.74, 6) is 0. The monoisotopic (exact) mass is 265 g/mol. The van der Waals surface area contributed by atoms with Crippen molar-refractivity contribution < 1.29 is 0 Å². The second-order valence-corrected chi connectivity index (χ2v) is 5.80. The third-order valence-electron chi connectivity index (χ3n) is 4.32. The van der Waals surface area contributed by atoms with Crippen LogP contribution in [0.2, 0.25) is 0 Å². The first kappa shape index (κ1) is 13.4. The fourth-order valence-electron chi connectivity index (χ4n) is 3.23. The lowest BCUT2D eigenvalue weighted by molar-refractivity contribution is 0.406. The number of hydrogen-bond donors (Lipinski definition) is 1. The van der Waals surface area contributed by atoms with Gasteiger partial charge in [-0.25, -0.2) is 0 Å². The molecule has 2 atom stereocenters. The zero-order valence-corrected chi connectivity index (χ0v) is 12.0. The van der Waals surface area contributed by atoms with Crippen LogP contribution in [0.3, 0.4) is 0 Å². The fourth-order valence-corrected chi connectivity index (χ4v) is 3.23. The van der Waals surface area contributed by atoms with E-state index in [-0.39, 0.29) is 0 Å². The van der Waals surface area contributed by atoms with Crippen molar-refractivity contribution in [3.63, 3.8) is 0 Å². The third kappa shape index (κ3) is 3.49. The van der Waals surface area contributed by atoms with Gasteiger partial charge < -0.3 is 5.32 Å². The van der Waals surface area contributed by atoms with Crippen LogP contribution in [-0.2, 0) is 0 Å². The van der Waals surface area contributed by atoms with Gasteiger partial charge in [0.15, 0.2) is 0 Å². The van der Waals surface area contributed by atoms with Crippen molar-refractivity contribution in [3.8, 4) is 11.1 Å². The van der Waals surface area contributed by atoms with Crippen LogP contribution >= 0.6 is 0 Å². The number of rotatable bonds is 1. The van der Waals surface area contributed by atoms with Gasteiger partial charge in [0, 0.05) is 12.1 Å². The Labute approximate surface area is 122 Å². The van der Waals surface area contributed by atoms with Gasteiger partial charge in [-0.1, -0.05) is 67.1 Å². The van der Waals surface area contributed by atoms with Crippen LogP contribution in [0.25, 0.3) is 11.1 Å². The van der Waals surface area contributed by atoms with Gasteiger partial charge in [-0.05, 0) is 36.8 Å². The van der Waals surface area contributed by atoms with Crippen LogP contribution in [0.15, 0.2) is 60.7 Å². The van der Waals surface area contributed by atoms with E-state index in [2.05, 4.69) is 53.8 Å². The summed E-state index contributed by atoms with van der Waals surface area (Å²) in [6.07, 6.45) is 7.25. The van der Waals surface area contributed by atoms with E-state index < -0.39 is 0 Å². The summed E-state index contributed by atoms with van der Waals surface area (Å²) in [4.78, 5) is 0. The van der Waals surface area contributed by atoms with E-state index >= 15 is 0 Å². The summed E-state index contributed by atoms with van der Waals surface area (Å²) in [7, 11) is 0. The first-order valence-electron chi connectivity index (χ1n) is 7.78. The van der Waals surface area contributed by atoms with Crippen LogP contribution < -0.4 is 5.32 Å². The molecule has 1 heteroatoms. The van der Waals surface area contributed by atoms with Crippen molar-refractivity contribution in [2.24, 2.45) is 0 Å². The van der Waals surface area contributed by atoms with E-state index in [1.165, 1.54) is 43.2 Å². The molecule has 2 aliphatic heterocycles. The Kier molecular flexibility index (Phi) is 4.49. The third-order valence-corrected chi connectivity index (χ3v) is 4.32. The number of fused-ring (bicyclic) bond motifs is 2. The Balaban J connectivity index is 0.000000131. The summed E-state index contributed by atoms with van der Waals surface area (Å²) in [5, 5.41) is 3.59. The first-order valence-corrected chi connectivity index (χ1v) is 7.78. The highest BCUT2D eigenvalue weighted by Crippen LogP contribution is 2.25. The summed E-state index contributed by atoms with van der Waals surface area (Å²) < 4.78 is 0. The molecule has 0 spiro atoms. The van der Waals surface area contributed by atoms with Crippen molar-refractivity contribution in [2.45, 2.75) is 44.2 Å². The van der Waals surface area contributed by atoms with Gasteiger partial charge in [-0.3, -0.25) is 0 Å². The minimum absolute atomic E-state index is 0.911. The molecule has 2 fully saturated rings. The first-order chi connectivity index (χ1) is 9.92. The predicted molar refractivity (Wildman–Crippen MR) is 85.7 cm³/mol. The Bertz CT molecular complexity index is 454. The molecular formula is C19H23N. The highest BCUT2D eigenvalue weighted by Gasteiger charge is 2.26. The standard InChI is InChI=1S/C12H10.C7H13N/c1-3-7-11(8-4-1)12-9-5-2-6-10-12;1-2-6-4-5-7(3-1)8-6/h1-10H;6-8H,1-5H2. The lowest BCUT2D eigenvalue weighted by Crippen LogP contribution is -2.33. The molecule has 1 N–H and O–H groups in total. The molecule has 0 aliphatic carbocycles. The molecule has 2 unspecified atom stereocenters. The molecule has 2 aromatic carbocycles. The van der Waals surface area contributed by atoms with Crippen LogP contribution in [0.5, 0.6) is 0 Å². The Morgan fingerprint density at radius 3 is 1.45 bits per heavy atom. The maximum Gasteiger partial charge on any atom is 0.00702 e. The smallest absolute Gasteiger partial charge is 0.00702 e. The minimum Gasteiger partial charge on any atom is -0.311 e. The second-order valence-electron chi connectivity index (χ2n) is 5.80. The van der Waals surface area contributed by atoms with Gasteiger partial charge >= 0.3 is 0 Å². The predicted octanol–water partition coefficient (Wildman–Crippen LogP) is 4.64. The number of nitrogens with one attached hydrogen (secondary N) is 1. The fraction of sp³-hybridized carbons (Fsp3) is 0.368. The van der Waals surface area contributed by atoms with Gasteiger partial charge in [0.25, 0.3) is 0 Å². The molecule has 0 amide bonds. The van der Waals surface area contributed by atoms with Gasteiger partial charge in [0.05, 0.1) is 0 Å². The molecule has 104 valence electrons. The molecule has 2 bridgehead atoms. The van der Waals surface area contributed by atoms with E-state index in [0.29, 0.717) is 0 Å². The summed E-state index contributed by atoms with van der Waals surface area (Å²) >= 11 is 0. The van der Waals surface area contributed by atoms with E-state index in [1.54, 1.807) is 0 Å². The molecule has 20 heavy (non-hydrogen) atoms. The van der Waals surface area contributed by atoms with Crippen molar-refractivity contribution in [2.75, 3.05) is 0 Å². The van der Waals surface area contributed by atoms with E-state index in [0.717, 1.165) is 12.1 Å². The molecule has 0 aromatic heterocycles. The SMILES string of the molecule is C1CC2CCC(C1)N2.c1ccc(-c2ccccc2)cc1. The van der Waals surface area contributed by atoms with E-state index in [9.17, 15) is 0 Å². The minimum atomic E-state index is 0.911. The quantitative estimate of drug-likeness (QED) is 0.791. The zero-order chi connectivity index (χ0) is 13.6. The van der Waals surface area contributed by atoms with Gasteiger partial charge in [0.1, 0.15) is 0 Å². The largest absolute Gasteiger partial charge is 0.311 e. The lowest BCUT2D eigenvalue weighted by Gasteiger charge is -2.19. The average Bonchev–Trinajstić information content (AvgIpc) is 2.88. The molecule has 0 radical (unpaired) electrons. The summed E-state index contributed by atoms with van der Waals surface area (Å²) in [5.41, 5.74) is 2.55. The zero-order valence-electron chi connectivity index (χ0n) is 12.0. The molecule has 1 nitrogen and oxygen atoms in total. The Morgan fingerprint density at radius 1 is 0.600 bits per heavy atom. The highest BCUT2D eigenvalue weighted by atomic mass is 15.0. The maximum absolute atomic E-state index is 3.59. The maximum atomic E-state index is 3.59. The molecule has 2 heterocycles. The second kappa shape index (κ2) is 6.71. The topological polar surface area (TPSA) is 12.0 Å². The van der Waals surface area contributed by atoms with Gasteiger partial charge in [-0.2, -0.15) is 0 Å². The van der Waals surface area contributed by atoms with Gasteiger partial charge in [-0.15, -0.1) is 0 Å². The van der Waals surface area contributed by atoms with Crippen molar-refractivity contribution in [3.05, 3.63) is 60.7 Å². The van der Waals surface area contributed by atoms with Crippen molar-refractivity contribution in [1.29, 1.82) is 0 Å². The van der Waals surface area contributed by atoms with Crippen LogP contribution in [0.4, 0.5) is 0 Å². The molecule has 0 saturated carbocycles. The highest BCUT2D eigenvalue weighted by molar-refractivity contribution is 5.62. The van der Waals surface area contributed by atoms with Crippen LogP contribution in [0, 0.1) is 0 Å². The number of piperidine rings is 1. The molecule has 2 saturated heterocycles.